The van der Waals surface area contributed by atoms with E-state index >= 15 is 0 Å². The molecule has 130 valence electrons. The molecule has 2 rings (SSSR count). The average molecular weight is 336 g/mol. The fourth-order valence-corrected chi connectivity index (χ4v) is 3.54. The molecule has 0 atom stereocenters. The maximum absolute atomic E-state index is 12.6. The van der Waals surface area contributed by atoms with Crippen molar-refractivity contribution in [2.75, 3.05) is 0 Å². The summed E-state index contributed by atoms with van der Waals surface area (Å²) in [5.74, 6) is 0.856. The van der Waals surface area contributed by atoms with Crippen LogP contribution in [-0.4, -0.2) is 0 Å². The molecule has 0 amide bonds. The molecule has 0 spiro atoms. The van der Waals surface area contributed by atoms with Gasteiger partial charge in [0.05, 0.1) is 11.6 Å². The van der Waals surface area contributed by atoms with E-state index < -0.39 is 5.83 Å². The van der Waals surface area contributed by atoms with E-state index in [0.717, 1.165) is 36.7 Å². The van der Waals surface area contributed by atoms with Crippen molar-refractivity contribution in [3.8, 4) is 12.1 Å². The van der Waals surface area contributed by atoms with Gasteiger partial charge < -0.3 is 0 Å². The molecule has 3 heteroatoms. The lowest BCUT2D eigenvalue weighted by molar-refractivity contribution is 0.254. The predicted molar refractivity (Wildman–Crippen MR) is 98.1 cm³/mol. The minimum atomic E-state index is -0.737. The Morgan fingerprint density at radius 1 is 1.04 bits per heavy atom. The highest BCUT2D eigenvalue weighted by Gasteiger charge is 2.20. The third-order valence-electron chi connectivity index (χ3n) is 5.12. The summed E-state index contributed by atoms with van der Waals surface area (Å²) in [7, 11) is 0. The van der Waals surface area contributed by atoms with Gasteiger partial charge in [-0.2, -0.15) is 14.9 Å². The van der Waals surface area contributed by atoms with Crippen molar-refractivity contribution in [2.45, 2.75) is 51.4 Å². The molecule has 0 bridgehead atoms. The van der Waals surface area contributed by atoms with Crippen molar-refractivity contribution in [2.24, 2.45) is 11.8 Å². The minimum Gasteiger partial charge on any atom is -0.195 e. The molecule has 0 N–H and O–H groups in total. The summed E-state index contributed by atoms with van der Waals surface area (Å²) in [6.45, 7) is 0. The Kier molecular flexibility index (Phi) is 7.93. The Morgan fingerprint density at radius 2 is 1.68 bits per heavy atom. The highest BCUT2D eigenvalue weighted by Crippen LogP contribution is 2.34. The van der Waals surface area contributed by atoms with Crippen LogP contribution in [0.4, 0.5) is 4.39 Å². The molecule has 1 saturated carbocycles. The van der Waals surface area contributed by atoms with Crippen molar-refractivity contribution in [1.82, 2.24) is 0 Å². The Balaban J connectivity index is 1.63. The van der Waals surface area contributed by atoms with E-state index in [1.807, 2.05) is 18.2 Å². The zero-order chi connectivity index (χ0) is 17.9. The van der Waals surface area contributed by atoms with Crippen molar-refractivity contribution in [3.05, 3.63) is 59.4 Å². The lowest BCUT2D eigenvalue weighted by Gasteiger charge is -2.28. The molecule has 0 aliphatic heterocycles. The highest BCUT2D eigenvalue weighted by atomic mass is 19.1. The number of rotatable bonds is 7. The van der Waals surface area contributed by atoms with Crippen LogP contribution < -0.4 is 0 Å². The molecule has 25 heavy (non-hydrogen) atoms. The molecular weight excluding hydrogens is 311 g/mol. The van der Waals surface area contributed by atoms with Crippen molar-refractivity contribution in [3.63, 3.8) is 0 Å². The maximum atomic E-state index is 12.6. The van der Waals surface area contributed by atoms with E-state index in [9.17, 15) is 4.39 Å². The van der Waals surface area contributed by atoms with Crippen LogP contribution in [0.15, 0.2) is 48.3 Å². The third-order valence-corrected chi connectivity index (χ3v) is 5.12. The molecule has 2 nitrogen and oxygen atoms in total. The van der Waals surface area contributed by atoms with Crippen molar-refractivity contribution >= 4 is 0 Å². The molecule has 1 aliphatic carbocycles. The fourth-order valence-electron chi connectivity index (χ4n) is 3.54. The van der Waals surface area contributed by atoms with Crippen LogP contribution in [0.25, 0.3) is 0 Å². The van der Waals surface area contributed by atoms with Gasteiger partial charge in [-0.1, -0.05) is 50.0 Å². The van der Waals surface area contributed by atoms with Gasteiger partial charge in [-0.05, 0) is 61.3 Å². The van der Waals surface area contributed by atoms with Gasteiger partial charge in [-0.25, -0.2) is 0 Å². The molecule has 1 aromatic rings. The topological polar surface area (TPSA) is 47.6 Å². The van der Waals surface area contributed by atoms with Crippen LogP contribution in [0.5, 0.6) is 0 Å². The molecule has 0 aromatic heterocycles. The zero-order valence-corrected chi connectivity index (χ0v) is 14.6. The van der Waals surface area contributed by atoms with Gasteiger partial charge in [-0.3, -0.25) is 0 Å². The van der Waals surface area contributed by atoms with Gasteiger partial charge in [0.25, 0.3) is 0 Å². The number of allylic oxidation sites excluding steroid dienone is 4. The lowest BCUT2D eigenvalue weighted by atomic mass is 9.78. The van der Waals surface area contributed by atoms with Crippen LogP contribution in [0.2, 0.25) is 0 Å². The largest absolute Gasteiger partial charge is 0.199 e. The molecule has 0 heterocycles. The quantitative estimate of drug-likeness (QED) is 0.452. The number of hydrogen-bond donors (Lipinski definition) is 0. The van der Waals surface area contributed by atoms with E-state index in [1.54, 1.807) is 6.08 Å². The first-order valence-electron chi connectivity index (χ1n) is 9.12. The monoisotopic (exact) mass is 336 g/mol. The standard InChI is InChI=1S/C22H25FN2/c23-22(17-25)5-3-1-2-4-18-6-8-19(9-7-18)10-11-20-12-14-21(16-24)15-13-20/h1,3,5,12-15,18-19H,2,4,6-11H2/b3-1+,22-5-/t18-,19-. The number of aryl methyl sites for hydroxylation is 1. The predicted octanol–water partition coefficient (Wildman–Crippen LogP) is 6.01. The number of nitrogens with zero attached hydrogens (tertiary/aromatic N) is 2. The number of nitriles is 2. The van der Waals surface area contributed by atoms with E-state index in [0.29, 0.717) is 0 Å². The Hall–Kier alpha value is -2.39. The van der Waals surface area contributed by atoms with Crippen molar-refractivity contribution < 1.29 is 4.39 Å². The normalized spacial score (nSPS) is 21.0. The fraction of sp³-hybridized carbons (Fsp3) is 0.455. The molecule has 1 aromatic carbocycles. The summed E-state index contributed by atoms with van der Waals surface area (Å²) in [4.78, 5) is 0. The van der Waals surface area contributed by atoms with E-state index in [2.05, 4.69) is 18.2 Å². The van der Waals surface area contributed by atoms with E-state index in [1.165, 1.54) is 49.8 Å². The molecule has 1 fully saturated rings. The number of hydrogen-bond acceptors (Lipinski definition) is 2. The summed E-state index contributed by atoms with van der Waals surface area (Å²) in [6.07, 6.45) is 14.4. The first kappa shape index (κ1) is 18.9. The SMILES string of the molecule is N#C/C(F)=C/C=C/CC[C@H]1CC[C@H](CCc2ccc(C#N)cc2)CC1. The third kappa shape index (κ3) is 6.94. The van der Waals surface area contributed by atoms with Crippen LogP contribution in [0.1, 0.15) is 56.1 Å². The Morgan fingerprint density at radius 3 is 2.28 bits per heavy atom. The number of benzene rings is 1. The Labute approximate surface area is 150 Å². The molecule has 1 aliphatic rings. The smallest absolute Gasteiger partial charge is 0.195 e. The second-order valence-corrected chi connectivity index (χ2v) is 6.87. The van der Waals surface area contributed by atoms with Gasteiger partial charge in [-0.15, -0.1) is 0 Å². The maximum Gasteiger partial charge on any atom is 0.199 e. The zero-order valence-electron chi connectivity index (χ0n) is 14.6. The van der Waals surface area contributed by atoms with E-state index in [4.69, 9.17) is 10.5 Å². The Bertz CT molecular complexity index is 665. The van der Waals surface area contributed by atoms with Crippen LogP contribution in [0, 0.1) is 34.5 Å². The molecule has 0 radical (unpaired) electrons. The van der Waals surface area contributed by atoms with Gasteiger partial charge in [0.1, 0.15) is 6.07 Å². The summed E-state index contributed by atoms with van der Waals surface area (Å²) in [5, 5.41) is 17.1. The van der Waals surface area contributed by atoms with Gasteiger partial charge in [0, 0.05) is 0 Å². The summed E-state index contributed by atoms with van der Waals surface area (Å²) in [5.41, 5.74) is 2.05. The molecular formula is C22H25FN2. The summed E-state index contributed by atoms with van der Waals surface area (Å²) < 4.78 is 12.6. The number of halogens is 1. The highest BCUT2D eigenvalue weighted by molar-refractivity contribution is 5.31. The van der Waals surface area contributed by atoms with Crippen LogP contribution >= 0.6 is 0 Å². The molecule has 0 unspecified atom stereocenters. The average Bonchev–Trinajstić information content (AvgIpc) is 2.67. The van der Waals surface area contributed by atoms with Crippen LogP contribution in [-0.2, 0) is 6.42 Å². The summed E-state index contributed by atoms with van der Waals surface area (Å²) >= 11 is 0. The second kappa shape index (κ2) is 10.5. The second-order valence-electron chi connectivity index (χ2n) is 6.87. The first-order valence-corrected chi connectivity index (χ1v) is 9.12. The first-order chi connectivity index (χ1) is 12.2. The van der Waals surface area contributed by atoms with Crippen LogP contribution in [0.3, 0.4) is 0 Å². The van der Waals surface area contributed by atoms with Crippen molar-refractivity contribution in [1.29, 1.82) is 10.5 Å². The lowest BCUT2D eigenvalue weighted by Crippen LogP contribution is -2.15. The van der Waals surface area contributed by atoms with Gasteiger partial charge >= 0.3 is 0 Å². The van der Waals surface area contributed by atoms with E-state index in [-0.39, 0.29) is 0 Å². The summed E-state index contributed by atoms with van der Waals surface area (Å²) in [6, 6.07) is 11.6. The molecule has 0 saturated heterocycles. The minimum absolute atomic E-state index is 0.726. The van der Waals surface area contributed by atoms with Gasteiger partial charge in [0.2, 0.25) is 0 Å². The van der Waals surface area contributed by atoms with Gasteiger partial charge in [0.15, 0.2) is 5.83 Å².